The first-order chi connectivity index (χ1) is 11.5. The molecular formula is C18H13ClN2O3. The van der Waals surface area contributed by atoms with Gasteiger partial charge in [0.2, 0.25) is 0 Å². The third kappa shape index (κ3) is 2.81. The fourth-order valence-corrected chi connectivity index (χ4v) is 2.57. The number of nitrogens with zero attached hydrogens (tertiary/aromatic N) is 1. The van der Waals surface area contributed by atoms with Crippen LogP contribution in [0.25, 0.3) is 0 Å². The second-order valence-corrected chi connectivity index (χ2v) is 5.61. The van der Waals surface area contributed by atoms with Gasteiger partial charge in [0.25, 0.3) is 11.8 Å². The van der Waals surface area contributed by atoms with Gasteiger partial charge in [-0.05, 0) is 43.3 Å². The van der Waals surface area contributed by atoms with Gasteiger partial charge in [-0.3, -0.25) is 14.4 Å². The molecule has 0 unspecified atom stereocenters. The van der Waals surface area contributed by atoms with E-state index < -0.39 is 11.8 Å². The van der Waals surface area contributed by atoms with Crippen molar-refractivity contribution in [2.75, 3.05) is 10.2 Å². The van der Waals surface area contributed by atoms with Crippen molar-refractivity contribution in [2.24, 2.45) is 0 Å². The highest BCUT2D eigenvalue weighted by molar-refractivity contribution is 6.53. The van der Waals surface area contributed by atoms with Crippen LogP contribution in [-0.2, 0) is 9.59 Å². The van der Waals surface area contributed by atoms with E-state index in [1.165, 1.54) is 6.92 Å². The standard InChI is InChI=1S/C18H13ClN2O3/c1-11(22)12-7-9-13(10-8-12)20-16-15(19)17(23)21(18(16)24)14-5-3-2-4-6-14/h2-10,20H,1H3. The Balaban J connectivity index is 1.87. The molecule has 0 spiro atoms. The lowest BCUT2D eigenvalue weighted by atomic mass is 10.1. The lowest BCUT2D eigenvalue weighted by Crippen LogP contribution is -2.32. The van der Waals surface area contributed by atoms with Crippen LogP contribution in [0.2, 0.25) is 0 Å². The summed E-state index contributed by atoms with van der Waals surface area (Å²) in [6, 6.07) is 15.1. The number of nitrogens with one attached hydrogen (secondary N) is 1. The molecule has 120 valence electrons. The summed E-state index contributed by atoms with van der Waals surface area (Å²) < 4.78 is 0. The molecule has 0 radical (unpaired) electrons. The van der Waals surface area contributed by atoms with E-state index >= 15 is 0 Å². The van der Waals surface area contributed by atoms with Crippen molar-refractivity contribution in [1.82, 2.24) is 0 Å². The number of rotatable bonds is 4. The molecule has 1 N–H and O–H groups in total. The second-order valence-electron chi connectivity index (χ2n) is 5.23. The van der Waals surface area contributed by atoms with Crippen LogP contribution in [0.3, 0.4) is 0 Å². The largest absolute Gasteiger partial charge is 0.350 e. The van der Waals surface area contributed by atoms with E-state index in [9.17, 15) is 14.4 Å². The molecule has 6 heteroatoms. The van der Waals surface area contributed by atoms with Gasteiger partial charge in [-0.15, -0.1) is 0 Å². The van der Waals surface area contributed by atoms with Crippen molar-refractivity contribution < 1.29 is 14.4 Å². The molecule has 0 saturated carbocycles. The lowest BCUT2D eigenvalue weighted by Gasteiger charge is -2.14. The molecule has 5 nitrogen and oxygen atoms in total. The smallest absolute Gasteiger partial charge is 0.283 e. The molecule has 0 bridgehead atoms. The molecular weight excluding hydrogens is 328 g/mol. The minimum Gasteiger partial charge on any atom is -0.350 e. The summed E-state index contributed by atoms with van der Waals surface area (Å²) in [4.78, 5) is 37.2. The first kappa shape index (κ1) is 16.0. The third-order valence-corrected chi connectivity index (χ3v) is 3.95. The minimum atomic E-state index is -0.573. The van der Waals surface area contributed by atoms with E-state index in [4.69, 9.17) is 11.6 Å². The highest BCUT2D eigenvalue weighted by atomic mass is 35.5. The van der Waals surface area contributed by atoms with Crippen molar-refractivity contribution in [2.45, 2.75) is 6.92 Å². The van der Waals surface area contributed by atoms with Crippen molar-refractivity contribution in [3.8, 4) is 0 Å². The predicted molar refractivity (Wildman–Crippen MR) is 91.9 cm³/mol. The molecule has 3 rings (SSSR count). The molecule has 1 aliphatic heterocycles. The normalized spacial score (nSPS) is 14.3. The molecule has 2 aromatic rings. The Morgan fingerprint density at radius 2 is 1.58 bits per heavy atom. The first-order valence-corrected chi connectivity index (χ1v) is 7.58. The number of hydrogen-bond donors (Lipinski definition) is 1. The highest BCUT2D eigenvalue weighted by Crippen LogP contribution is 2.29. The van der Waals surface area contributed by atoms with Crippen molar-refractivity contribution in [3.05, 3.63) is 70.9 Å². The zero-order valence-corrected chi connectivity index (χ0v) is 13.5. The number of Topliss-reactive ketones (excluding diaryl/α,β-unsaturated/α-hetero) is 1. The van der Waals surface area contributed by atoms with Crippen LogP contribution < -0.4 is 10.2 Å². The van der Waals surface area contributed by atoms with Crippen molar-refractivity contribution >= 4 is 40.6 Å². The van der Waals surface area contributed by atoms with Crippen LogP contribution in [0.1, 0.15) is 17.3 Å². The third-order valence-electron chi connectivity index (χ3n) is 3.60. The fourth-order valence-electron chi connectivity index (χ4n) is 2.36. The molecule has 0 atom stereocenters. The number of halogens is 1. The number of anilines is 2. The Morgan fingerprint density at radius 3 is 2.17 bits per heavy atom. The second kappa shape index (κ2) is 6.29. The molecule has 0 fully saturated rings. The maximum Gasteiger partial charge on any atom is 0.283 e. The number of imide groups is 1. The Bertz CT molecular complexity index is 858. The Labute approximate surface area is 143 Å². The molecule has 1 heterocycles. The average molecular weight is 341 g/mol. The number of hydrogen-bond acceptors (Lipinski definition) is 4. The van der Waals surface area contributed by atoms with Crippen molar-refractivity contribution in [1.29, 1.82) is 0 Å². The summed E-state index contributed by atoms with van der Waals surface area (Å²) in [6.45, 7) is 1.47. The SMILES string of the molecule is CC(=O)c1ccc(NC2=C(Cl)C(=O)N(c3ccccc3)C2=O)cc1. The maximum absolute atomic E-state index is 12.6. The number of para-hydroxylation sites is 1. The van der Waals surface area contributed by atoms with E-state index in [2.05, 4.69) is 5.32 Å². The molecule has 0 saturated heterocycles. The number of amides is 2. The first-order valence-electron chi connectivity index (χ1n) is 7.20. The van der Waals surface area contributed by atoms with Gasteiger partial charge in [0.1, 0.15) is 10.7 Å². The van der Waals surface area contributed by atoms with E-state index in [1.807, 2.05) is 0 Å². The molecule has 1 aliphatic rings. The fraction of sp³-hybridized carbons (Fsp3) is 0.0556. The van der Waals surface area contributed by atoms with Gasteiger partial charge in [0.05, 0.1) is 5.69 Å². The van der Waals surface area contributed by atoms with E-state index in [-0.39, 0.29) is 16.5 Å². The molecule has 0 aliphatic carbocycles. The molecule has 2 amide bonds. The zero-order valence-electron chi connectivity index (χ0n) is 12.7. The Kier molecular flexibility index (Phi) is 4.18. The highest BCUT2D eigenvalue weighted by Gasteiger charge is 2.38. The monoisotopic (exact) mass is 340 g/mol. The van der Waals surface area contributed by atoms with Crippen LogP contribution in [0.4, 0.5) is 11.4 Å². The van der Waals surface area contributed by atoms with Crippen molar-refractivity contribution in [3.63, 3.8) is 0 Å². The van der Waals surface area contributed by atoms with Crippen LogP contribution in [0, 0.1) is 0 Å². The Morgan fingerprint density at radius 1 is 0.958 bits per heavy atom. The van der Waals surface area contributed by atoms with E-state index in [0.717, 1.165) is 4.90 Å². The van der Waals surface area contributed by atoms with Gasteiger partial charge in [0.15, 0.2) is 5.78 Å². The van der Waals surface area contributed by atoms with E-state index in [0.29, 0.717) is 16.9 Å². The summed E-state index contributed by atoms with van der Waals surface area (Å²) in [5, 5.41) is 2.69. The Hall–Kier alpha value is -2.92. The number of benzene rings is 2. The molecule has 0 aromatic heterocycles. The van der Waals surface area contributed by atoms with Crippen LogP contribution in [0.5, 0.6) is 0 Å². The van der Waals surface area contributed by atoms with Gasteiger partial charge >= 0.3 is 0 Å². The number of carbonyl (C=O) groups is 3. The van der Waals surface area contributed by atoms with Crippen LogP contribution >= 0.6 is 11.6 Å². The quantitative estimate of drug-likeness (QED) is 0.685. The average Bonchev–Trinajstić information content (AvgIpc) is 2.80. The zero-order chi connectivity index (χ0) is 17.3. The molecule has 2 aromatic carbocycles. The summed E-state index contributed by atoms with van der Waals surface area (Å²) >= 11 is 6.05. The summed E-state index contributed by atoms with van der Waals surface area (Å²) in [5.74, 6) is -1.15. The topological polar surface area (TPSA) is 66.5 Å². The summed E-state index contributed by atoms with van der Waals surface area (Å²) in [5.41, 5.74) is 1.58. The van der Waals surface area contributed by atoms with Gasteiger partial charge in [-0.25, -0.2) is 4.90 Å². The lowest BCUT2D eigenvalue weighted by molar-refractivity contribution is -0.120. The van der Waals surface area contributed by atoms with Crippen LogP contribution in [0.15, 0.2) is 65.3 Å². The predicted octanol–water partition coefficient (Wildman–Crippen LogP) is 3.32. The molecule has 24 heavy (non-hydrogen) atoms. The maximum atomic E-state index is 12.6. The van der Waals surface area contributed by atoms with Gasteiger partial charge < -0.3 is 5.32 Å². The van der Waals surface area contributed by atoms with Gasteiger partial charge in [-0.1, -0.05) is 29.8 Å². The summed E-state index contributed by atoms with van der Waals surface area (Å²) in [7, 11) is 0. The van der Waals surface area contributed by atoms with Gasteiger partial charge in [0, 0.05) is 11.3 Å². The number of carbonyl (C=O) groups excluding carboxylic acids is 3. The van der Waals surface area contributed by atoms with Crippen LogP contribution in [-0.4, -0.2) is 17.6 Å². The minimum absolute atomic E-state index is 0.0149. The summed E-state index contributed by atoms with van der Waals surface area (Å²) in [6.07, 6.45) is 0. The number of ketones is 1. The van der Waals surface area contributed by atoms with E-state index in [1.54, 1.807) is 54.6 Å². The van der Waals surface area contributed by atoms with Gasteiger partial charge in [-0.2, -0.15) is 0 Å².